The summed E-state index contributed by atoms with van der Waals surface area (Å²) in [5.41, 5.74) is 0.921. The third kappa shape index (κ3) is 4.63. The zero-order valence-corrected chi connectivity index (χ0v) is 11.6. The van der Waals surface area contributed by atoms with Crippen LogP contribution in [0.5, 0.6) is 5.75 Å². The van der Waals surface area contributed by atoms with Crippen molar-refractivity contribution >= 4 is 0 Å². The van der Waals surface area contributed by atoms with Gasteiger partial charge < -0.3 is 14.8 Å². The highest BCUT2D eigenvalue weighted by Crippen LogP contribution is 2.22. The Labute approximate surface area is 110 Å². The second-order valence-corrected chi connectivity index (χ2v) is 4.17. The number of pyridine rings is 1. The lowest BCUT2D eigenvalue weighted by atomic mass is 10.1. The lowest BCUT2D eigenvalue weighted by Gasteiger charge is -2.20. The average Bonchev–Trinajstić information content (AvgIpc) is 2.42. The number of rotatable bonds is 9. The zero-order chi connectivity index (χ0) is 13.2. The minimum absolute atomic E-state index is 0.0904. The lowest BCUT2D eigenvalue weighted by Crippen LogP contribution is -2.27. The summed E-state index contributed by atoms with van der Waals surface area (Å²) in [5.74, 6) is 0.811. The Morgan fingerprint density at radius 3 is 2.83 bits per heavy atom. The van der Waals surface area contributed by atoms with Gasteiger partial charge in [0, 0.05) is 12.8 Å². The van der Waals surface area contributed by atoms with E-state index in [1.54, 1.807) is 13.3 Å². The number of aromatic nitrogens is 1. The van der Waals surface area contributed by atoms with Crippen LogP contribution in [0.4, 0.5) is 0 Å². The van der Waals surface area contributed by atoms with Crippen LogP contribution in [0, 0.1) is 0 Å². The summed E-state index contributed by atoms with van der Waals surface area (Å²) >= 11 is 0. The summed E-state index contributed by atoms with van der Waals surface area (Å²) in [4.78, 5) is 4.41. The first-order valence-corrected chi connectivity index (χ1v) is 6.63. The maximum absolute atomic E-state index is 5.64. The number of nitrogens with zero attached hydrogens (tertiary/aromatic N) is 1. The molecule has 0 fully saturated rings. The molecule has 1 rings (SSSR count). The Hall–Kier alpha value is -1.13. The highest BCUT2D eigenvalue weighted by Gasteiger charge is 2.16. The highest BCUT2D eigenvalue weighted by molar-refractivity contribution is 5.29. The van der Waals surface area contributed by atoms with Crippen LogP contribution in [0.15, 0.2) is 18.3 Å². The molecule has 0 radical (unpaired) electrons. The van der Waals surface area contributed by atoms with Crippen molar-refractivity contribution in [3.8, 4) is 5.75 Å². The third-order valence-corrected chi connectivity index (χ3v) is 2.62. The number of nitrogens with one attached hydrogen (secondary N) is 1. The molecule has 102 valence electrons. The van der Waals surface area contributed by atoms with E-state index >= 15 is 0 Å². The number of hydrogen-bond donors (Lipinski definition) is 1. The molecule has 1 heterocycles. The molecule has 1 atom stereocenters. The molecule has 1 aromatic heterocycles. The molecule has 1 aromatic rings. The molecule has 4 heteroatoms. The van der Waals surface area contributed by atoms with Gasteiger partial charge in [-0.1, -0.05) is 13.8 Å². The minimum Gasteiger partial charge on any atom is -0.495 e. The third-order valence-electron chi connectivity index (χ3n) is 2.62. The number of hydrogen-bond acceptors (Lipinski definition) is 4. The van der Waals surface area contributed by atoms with Crippen LogP contribution in [0.1, 0.15) is 38.4 Å². The molecular weight excluding hydrogens is 228 g/mol. The van der Waals surface area contributed by atoms with Crippen molar-refractivity contribution in [1.82, 2.24) is 10.3 Å². The SMILES string of the molecule is CCCNC(COCCC)c1ncccc1OC. The van der Waals surface area contributed by atoms with Crippen molar-refractivity contribution in [3.05, 3.63) is 24.0 Å². The fourth-order valence-corrected chi connectivity index (χ4v) is 1.74. The molecule has 0 aliphatic heterocycles. The fraction of sp³-hybridized carbons (Fsp3) is 0.643. The average molecular weight is 252 g/mol. The van der Waals surface area contributed by atoms with Crippen LogP contribution in [0.2, 0.25) is 0 Å². The second kappa shape index (κ2) is 8.89. The molecule has 0 aromatic carbocycles. The minimum atomic E-state index is 0.0904. The lowest BCUT2D eigenvalue weighted by molar-refractivity contribution is 0.110. The molecule has 0 spiro atoms. The predicted molar refractivity (Wildman–Crippen MR) is 72.9 cm³/mol. The molecule has 0 saturated heterocycles. The fourth-order valence-electron chi connectivity index (χ4n) is 1.74. The van der Waals surface area contributed by atoms with Crippen LogP contribution >= 0.6 is 0 Å². The van der Waals surface area contributed by atoms with Gasteiger partial charge in [-0.25, -0.2) is 0 Å². The van der Waals surface area contributed by atoms with Gasteiger partial charge in [-0.15, -0.1) is 0 Å². The topological polar surface area (TPSA) is 43.4 Å². The van der Waals surface area contributed by atoms with E-state index in [1.807, 2.05) is 12.1 Å². The van der Waals surface area contributed by atoms with Crippen molar-refractivity contribution in [2.24, 2.45) is 0 Å². The van der Waals surface area contributed by atoms with E-state index in [4.69, 9.17) is 9.47 Å². The predicted octanol–water partition coefficient (Wildman–Crippen LogP) is 2.56. The smallest absolute Gasteiger partial charge is 0.142 e. The van der Waals surface area contributed by atoms with E-state index < -0.39 is 0 Å². The first-order chi connectivity index (χ1) is 8.83. The normalized spacial score (nSPS) is 12.4. The maximum atomic E-state index is 5.64. The van der Waals surface area contributed by atoms with Gasteiger partial charge in [0.2, 0.25) is 0 Å². The molecule has 0 aliphatic rings. The summed E-state index contributed by atoms with van der Waals surface area (Å²) in [5, 5.41) is 3.45. The molecule has 4 nitrogen and oxygen atoms in total. The van der Waals surface area contributed by atoms with Crippen molar-refractivity contribution < 1.29 is 9.47 Å². The van der Waals surface area contributed by atoms with E-state index in [-0.39, 0.29) is 6.04 Å². The molecule has 0 saturated carbocycles. The van der Waals surface area contributed by atoms with Gasteiger partial charge in [0.25, 0.3) is 0 Å². The van der Waals surface area contributed by atoms with Crippen LogP contribution in [0.3, 0.4) is 0 Å². The Balaban J connectivity index is 2.72. The molecule has 1 unspecified atom stereocenters. The van der Waals surface area contributed by atoms with Gasteiger partial charge in [0.1, 0.15) is 11.4 Å². The van der Waals surface area contributed by atoms with Gasteiger partial charge in [-0.05, 0) is 31.5 Å². The monoisotopic (exact) mass is 252 g/mol. The summed E-state index contributed by atoms with van der Waals surface area (Å²) in [6, 6.07) is 3.90. The Morgan fingerprint density at radius 2 is 2.17 bits per heavy atom. The first-order valence-electron chi connectivity index (χ1n) is 6.63. The van der Waals surface area contributed by atoms with Gasteiger partial charge >= 0.3 is 0 Å². The standard InChI is InChI=1S/C14H24N2O2/c1-4-8-15-12(11-18-10-5-2)14-13(17-3)7-6-9-16-14/h6-7,9,12,15H,4-5,8,10-11H2,1-3H3. The molecule has 0 amide bonds. The van der Waals surface area contributed by atoms with Gasteiger partial charge in [0.15, 0.2) is 0 Å². The Morgan fingerprint density at radius 1 is 1.33 bits per heavy atom. The van der Waals surface area contributed by atoms with Gasteiger partial charge in [-0.3, -0.25) is 4.98 Å². The molecule has 0 bridgehead atoms. The molecule has 1 N–H and O–H groups in total. The van der Waals surface area contributed by atoms with Crippen LogP contribution in [-0.2, 0) is 4.74 Å². The van der Waals surface area contributed by atoms with Crippen LogP contribution in [0.25, 0.3) is 0 Å². The summed E-state index contributed by atoms with van der Waals surface area (Å²) in [6.45, 7) is 6.60. The Kier molecular flexibility index (Phi) is 7.37. The maximum Gasteiger partial charge on any atom is 0.142 e. The highest BCUT2D eigenvalue weighted by atomic mass is 16.5. The first kappa shape index (κ1) is 14.9. The van der Waals surface area contributed by atoms with E-state index in [9.17, 15) is 0 Å². The quantitative estimate of drug-likeness (QED) is 0.686. The molecular formula is C14H24N2O2. The van der Waals surface area contributed by atoms with Gasteiger partial charge in [0.05, 0.1) is 19.8 Å². The Bertz CT molecular complexity index is 331. The molecule has 0 aliphatic carbocycles. The molecule has 18 heavy (non-hydrogen) atoms. The van der Waals surface area contributed by atoms with Crippen molar-refractivity contribution in [2.45, 2.75) is 32.7 Å². The van der Waals surface area contributed by atoms with E-state index in [0.29, 0.717) is 6.61 Å². The summed E-state index contributed by atoms with van der Waals surface area (Å²) in [7, 11) is 1.67. The second-order valence-electron chi connectivity index (χ2n) is 4.17. The number of methoxy groups -OCH3 is 1. The largest absolute Gasteiger partial charge is 0.495 e. The zero-order valence-electron chi connectivity index (χ0n) is 11.6. The van der Waals surface area contributed by atoms with Gasteiger partial charge in [-0.2, -0.15) is 0 Å². The van der Waals surface area contributed by atoms with E-state index in [2.05, 4.69) is 24.1 Å². The van der Waals surface area contributed by atoms with Crippen LogP contribution < -0.4 is 10.1 Å². The van der Waals surface area contributed by atoms with Crippen molar-refractivity contribution in [1.29, 1.82) is 0 Å². The van der Waals surface area contributed by atoms with E-state index in [1.165, 1.54) is 0 Å². The number of ether oxygens (including phenoxy) is 2. The summed E-state index contributed by atoms with van der Waals surface area (Å²) < 4.78 is 11.0. The van der Waals surface area contributed by atoms with Crippen LogP contribution in [-0.4, -0.2) is 31.9 Å². The van der Waals surface area contributed by atoms with E-state index in [0.717, 1.165) is 37.4 Å². The summed E-state index contributed by atoms with van der Waals surface area (Å²) in [6.07, 6.45) is 3.90. The van der Waals surface area contributed by atoms with Crippen molar-refractivity contribution in [2.75, 3.05) is 26.9 Å². The van der Waals surface area contributed by atoms with Crippen molar-refractivity contribution in [3.63, 3.8) is 0 Å².